The summed E-state index contributed by atoms with van der Waals surface area (Å²) in [5, 5.41) is 12.0. The number of rotatable bonds is 8. The van der Waals surface area contributed by atoms with E-state index in [1.165, 1.54) is 0 Å². The van der Waals surface area contributed by atoms with Gasteiger partial charge in [0.2, 0.25) is 17.8 Å². The van der Waals surface area contributed by atoms with Crippen molar-refractivity contribution >= 4 is 17.8 Å². The van der Waals surface area contributed by atoms with Crippen molar-refractivity contribution < 1.29 is 5.11 Å². The maximum atomic E-state index is 8.86. The van der Waals surface area contributed by atoms with Gasteiger partial charge in [-0.25, -0.2) is 0 Å². The Morgan fingerprint density at radius 2 is 1.95 bits per heavy atom. The minimum atomic E-state index is 0.187. The molecule has 0 aliphatic heterocycles. The van der Waals surface area contributed by atoms with Crippen LogP contribution < -0.4 is 16.0 Å². The Kier molecular flexibility index (Phi) is 6.27. The van der Waals surface area contributed by atoms with Gasteiger partial charge in [-0.2, -0.15) is 15.0 Å². The summed E-state index contributed by atoms with van der Waals surface area (Å²) in [6.45, 7) is 8.66. The molecule has 0 aliphatic carbocycles. The van der Waals surface area contributed by atoms with Crippen LogP contribution in [-0.4, -0.2) is 46.3 Å². The number of nitrogens with two attached hydrogens (primary N) is 1. The number of nitrogens with zero attached hydrogens (tertiary/aromatic N) is 4. The highest BCUT2D eigenvalue weighted by Crippen LogP contribution is 2.12. The van der Waals surface area contributed by atoms with Crippen LogP contribution in [0.5, 0.6) is 0 Å². The van der Waals surface area contributed by atoms with Gasteiger partial charge in [-0.15, -0.1) is 0 Å². The predicted octanol–water partition coefficient (Wildman–Crippen LogP) is 0.730. The van der Waals surface area contributed by atoms with Gasteiger partial charge in [0.25, 0.3) is 0 Å². The molecule has 0 spiro atoms. The fourth-order valence-corrected chi connectivity index (χ4v) is 1.70. The van der Waals surface area contributed by atoms with Gasteiger partial charge in [-0.1, -0.05) is 6.92 Å². The van der Waals surface area contributed by atoms with E-state index in [4.69, 9.17) is 10.8 Å². The first-order chi connectivity index (χ1) is 9.10. The monoisotopic (exact) mass is 268 g/mol. The molecule has 1 rings (SSSR count). The van der Waals surface area contributed by atoms with Crippen molar-refractivity contribution in [2.45, 2.75) is 27.2 Å². The van der Waals surface area contributed by atoms with E-state index in [-0.39, 0.29) is 12.6 Å². The minimum Gasteiger partial charge on any atom is -0.396 e. The number of nitrogens with one attached hydrogen (secondary N) is 1. The maximum Gasteiger partial charge on any atom is 0.231 e. The van der Waals surface area contributed by atoms with E-state index >= 15 is 0 Å². The molecule has 7 heteroatoms. The zero-order valence-corrected chi connectivity index (χ0v) is 11.9. The summed E-state index contributed by atoms with van der Waals surface area (Å²) in [4.78, 5) is 14.6. The lowest BCUT2D eigenvalue weighted by Crippen LogP contribution is -2.25. The van der Waals surface area contributed by atoms with Gasteiger partial charge >= 0.3 is 0 Å². The molecule has 1 heterocycles. The van der Waals surface area contributed by atoms with Crippen LogP contribution in [0.25, 0.3) is 0 Å². The summed E-state index contributed by atoms with van der Waals surface area (Å²) in [6, 6.07) is 0. The summed E-state index contributed by atoms with van der Waals surface area (Å²) in [5.74, 6) is 1.64. The lowest BCUT2D eigenvalue weighted by molar-refractivity contribution is 0.265. The molecular formula is C12H24N6O. The first-order valence-electron chi connectivity index (χ1n) is 6.71. The molecule has 0 saturated carbocycles. The molecule has 0 fully saturated rings. The van der Waals surface area contributed by atoms with Gasteiger partial charge in [-0.05, 0) is 26.2 Å². The molecule has 7 nitrogen and oxygen atoms in total. The van der Waals surface area contributed by atoms with E-state index in [1.807, 2.05) is 18.7 Å². The second-order valence-corrected chi connectivity index (χ2v) is 4.49. The van der Waals surface area contributed by atoms with Crippen molar-refractivity contribution in [2.75, 3.05) is 42.2 Å². The van der Waals surface area contributed by atoms with Crippen molar-refractivity contribution in [3.05, 3.63) is 0 Å². The molecular weight excluding hydrogens is 244 g/mol. The SMILES string of the molecule is CCN(CC)c1nc(N)nc(NCC(C)CCO)n1. The van der Waals surface area contributed by atoms with Crippen molar-refractivity contribution in [1.82, 2.24) is 15.0 Å². The van der Waals surface area contributed by atoms with Crippen LogP contribution in [0.2, 0.25) is 0 Å². The molecule has 108 valence electrons. The molecule has 0 aromatic carbocycles. The fraction of sp³-hybridized carbons (Fsp3) is 0.750. The normalized spacial score (nSPS) is 12.2. The molecule has 0 bridgehead atoms. The first kappa shape index (κ1) is 15.4. The van der Waals surface area contributed by atoms with Crippen LogP contribution in [0, 0.1) is 5.92 Å². The van der Waals surface area contributed by atoms with E-state index in [0.717, 1.165) is 19.5 Å². The van der Waals surface area contributed by atoms with Gasteiger partial charge in [-0.3, -0.25) is 0 Å². The molecule has 0 radical (unpaired) electrons. The van der Waals surface area contributed by atoms with E-state index < -0.39 is 0 Å². The van der Waals surface area contributed by atoms with Crippen LogP contribution in [0.3, 0.4) is 0 Å². The molecule has 4 N–H and O–H groups in total. The third-order valence-electron chi connectivity index (χ3n) is 2.92. The van der Waals surface area contributed by atoms with Gasteiger partial charge in [0, 0.05) is 26.2 Å². The van der Waals surface area contributed by atoms with Crippen molar-refractivity contribution in [3.63, 3.8) is 0 Å². The number of hydrogen-bond acceptors (Lipinski definition) is 7. The minimum absolute atomic E-state index is 0.187. The average Bonchev–Trinajstić information content (AvgIpc) is 2.38. The van der Waals surface area contributed by atoms with E-state index in [0.29, 0.717) is 24.4 Å². The molecule has 0 amide bonds. The van der Waals surface area contributed by atoms with Gasteiger partial charge in [0.15, 0.2) is 0 Å². The second-order valence-electron chi connectivity index (χ2n) is 4.49. The quantitative estimate of drug-likeness (QED) is 0.639. The number of aromatic nitrogens is 3. The Morgan fingerprint density at radius 1 is 1.26 bits per heavy atom. The second kappa shape index (κ2) is 7.73. The van der Waals surface area contributed by atoms with Crippen LogP contribution in [0.4, 0.5) is 17.8 Å². The molecule has 0 saturated heterocycles. The van der Waals surface area contributed by atoms with Gasteiger partial charge < -0.3 is 21.1 Å². The van der Waals surface area contributed by atoms with Crippen LogP contribution in [-0.2, 0) is 0 Å². The zero-order chi connectivity index (χ0) is 14.3. The Bertz CT molecular complexity index is 382. The average molecular weight is 268 g/mol. The molecule has 19 heavy (non-hydrogen) atoms. The zero-order valence-electron chi connectivity index (χ0n) is 11.9. The molecule has 0 aliphatic rings. The molecule has 1 aromatic rings. The molecule has 1 atom stereocenters. The Hall–Kier alpha value is -1.63. The topological polar surface area (TPSA) is 100 Å². The first-order valence-corrected chi connectivity index (χ1v) is 6.71. The van der Waals surface area contributed by atoms with Crippen LogP contribution >= 0.6 is 0 Å². The van der Waals surface area contributed by atoms with Gasteiger partial charge in [0.1, 0.15) is 0 Å². The summed E-state index contributed by atoms with van der Waals surface area (Å²) in [5.41, 5.74) is 5.70. The molecule has 1 aromatic heterocycles. The highest BCUT2D eigenvalue weighted by Gasteiger charge is 2.10. The van der Waals surface area contributed by atoms with E-state index in [1.54, 1.807) is 0 Å². The lowest BCUT2D eigenvalue weighted by Gasteiger charge is -2.19. The lowest BCUT2D eigenvalue weighted by atomic mass is 10.1. The summed E-state index contributed by atoms with van der Waals surface area (Å²) in [7, 11) is 0. The fourth-order valence-electron chi connectivity index (χ4n) is 1.70. The van der Waals surface area contributed by atoms with Crippen molar-refractivity contribution in [1.29, 1.82) is 0 Å². The number of aliphatic hydroxyl groups excluding tert-OH is 1. The summed E-state index contributed by atoms with van der Waals surface area (Å²) < 4.78 is 0. The standard InChI is InChI=1S/C12H24N6O/c1-4-18(5-2)12-16-10(13)15-11(17-12)14-8-9(3)6-7-19/h9,19H,4-8H2,1-3H3,(H3,13,14,15,16,17). The third-order valence-corrected chi connectivity index (χ3v) is 2.92. The van der Waals surface area contributed by atoms with E-state index in [2.05, 4.69) is 27.2 Å². The Morgan fingerprint density at radius 3 is 2.53 bits per heavy atom. The number of hydrogen-bond donors (Lipinski definition) is 3. The highest BCUT2D eigenvalue weighted by atomic mass is 16.3. The Labute approximate surface area is 114 Å². The number of nitrogen functional groups attached to an aromatic ring is 1. The number of anilines is 3. The van der Waals surface area contributed by atoms with Gasteiger partial charge in [0.05, 0.1) is 0 Å². The Balaban J connectivity index is 2.73. The smallest absolute Gasteiger partial charge is 0.231 e. The van der Waals surface area contributed by atoms with Crippen LogP contribution in [0.1, 0.15) is 27.2 Å². The maximum absolute atomic E-state index is 8.86. The van der Waals surface area contributed by atoms with Crippen molar-refractivity contribution in [2.24, 2.45) is 5.92 Å². The number of aliphatic hydroxyl groups is 1. The predicted molar refractivity (Wildman–Crippen MR) is 77.2 cm³/mol. The van der Waals surface area contributed by atoms with Crippen molar-refractivity contribution in [3.8, 4) is 0 Å². The summed E-state index contributed by atoms with van der Waals surface area (Å²) in [6.07, 6.45) is 0.746. The molecule has 1 unspecified atom stereocenters. The van der Waals surface area contributed by atoms with E-state index in [9.17, 15) is 0 Å². The largest absolute Gasteiger partial charge is 0.396 e. The highest BCUT2D eigenvalue weighted by molar-refractivity contribution is 5.41. The third kappa shape index (κ3) is 4.86. The summed E-state index contributed by atoms with van der Waals surface area (Å²) >= 11 is 0. The van der Waals surface area contributed by atoms with Crippen LogP contribution in [0.15, 0.2) is 0 Å².